The van der Waals surface area contributed by atoms with E-state index in [2.05, 4.69) is 16.9 Å². The van der Waals surface area contributed by atoms with Gasteiger partial charge in [-0.05, 0) is 24.3 Å². The zero-order valence-corrected chi connectivity index (χ0v) is 9.46. The van der Waals surface area contributed by atoms with E-state index in [4.69, 9.17) is 16.1 Å². The first-order valence-electron chi connectivity index (χ1n) is 5.20. The Morgan fingerprint density at radius 1 is 1.33 bits per heavy atom. The Hall–Kier alpha value is -2.76. The van der Waals surface area contributed by atoms with Gasteiger partial charge in [0, 0.05) is 5.56 Å². The zero-order valence-electron chi connectivity index (χ0n) is 9.46. The van der Waals surface area contributed by atoms with Crippen LogP contribution in [0.15, 0.2) is 30.5 Å². The summed E-state index contributed by atoms with van der Waals surface area (Å²) >= 11 is 0. The molecule has 0 amide bonds. The summed E-state index contributed by atoms with van der Waals surface area (Å²) in [5.74, 6) is 5.67. The molecule has 0 unspecified atom stereocenters. The maximum atomic E-state index is 8.79. The second-order valence-electron chi connectivity index (χ2n) is 3.47. The summed E-state index contributed by atoms with van der Waals surface area (Å²) in [7, 11) is 0. The van der Waals surface area contributed by atoms with Gasteiger partial charge in [0.1, 0.15) is 24.1 Å². The molecule has 2 rings (SSSR count). The normalized spacial score (nSPS) is 9.33. The minimum Gasteiger partial charge on any atom is -0.384 e. The molecule has 0 aliphatic carbocycles. The highest BCUT2D eigenvalue weighted by Gasteiger charge is 2.07. The van der Waals surface area contributed by atoms with Gasteiger partial charge in [-0.3, -0.25) is 0 Å². The number of hydrogen-bond acceptors (Lipinski definition) is 4. The van der Waals surface area contributed by atoms with Crippen molar-refractivity contribution >= 4 is 5.82 Å². The van der Waals surface area contributed by atoms with Crippen LogP contribution in [0.4, 0.5) is 5.82 Å². The minimum absolute atomic E-state index is 0.167. The summed E-state index contributed by atoms with van der Waals surface area (Å²) in [6.07, 6.45) is 1.43. The molecule has 0 atom stereocenters. The standard InChI is InChI=1S/C13H10N4O/c14-8-11-9-16-17(13(11)15)12-5-3-10(4-6-12)2-1-7-18/h3-6,9,18H,7,15H2. The summed E-state index contributed by atoms with van der Waals surface area (Å²) in [4.78, 5) is 0. The Labute approximate surface area is 104 Å². The predicted molar refractivity (Wildman–Crippen MR) is 66.7 cm³/mol. The lowest BCUT2D eigenvalue weighted by Crippen LogP contribution is -2.02. The van der Waals surface area contributed by atoms with Crippen LogP contribution < -0.4 is 5.73 Å². The lowest BCUT2D eigenvalue weighted by Gasteiger charge is -2.03. The molecule has 5 heteroatoms. The molecule has 0 saturated heterocycles. The molecule has 1 aromatic heterocycles. The van der Waals surface area contributed by atoms with Crippen LogP contribution in [-0.2, 0) is 0 Å². The quantitative estimate of drug-likeness (QED) is 0.715. The van der Waals surface area contributed by atoms with Crippen LogP contribution in [0.3, 0.4) is 0 Å². The van der Waals surface area contributed by atoms with Gasteiger partial charge in [0.25, 0.3) is 0 Å². The first-order valence-corrected chi connectivity index (χ1v) is 5.20. The van der Waals surface area contributed by atoms with Crippen molar-refractivity contribution in [2.75, 3.05) is 12.3 Å². The smallest absolute Gasteiger partial charge is 0.145 e. The highest BCUT2D eigenvalue weighted by atomic mass is 16.2. The number of nitrogens with two attached hydrogens (primary N) is 1. The summed E-state index contributed by atoms with van der Waals surface area (Å²) in [5.41, 5.74) is 7.67. The number of hydrogen-bond donors (Lipinski definition) is 2. The summed E-state index contributed by atoms with van der Waals surface area (Å²) in [5, 5.41) is 21.4. The number of aliphatic hydroxyl groups excluding tert-OH is 1. The van der Waals surface area contributed by atoms with Gasteiger partial charge in [0.05, 0.1) is 11.9 Å². The fourth-order valence-electron chi connectivity index (χ4n) is 1.48. The Kier molecular flexibility index (Phi) is 3.29. The van der Waals surface area contributed by atoms with Gasteiger partial charge in [-0.1, -0.05) is 11.8 Å². The molecule has 3 N–H and O–H groups in total. The first kappa shape index (κ1) is 11.7. The average Bonchev–Trinajstić information content (AvgIpc) is 2.78. The van der Waals surface area contributed by atoms with Crippen molar-refractivity contribution in [3.8, 4) is 23.6 Å². The van der Waals surface area contributed by atoms with E-state index < -0.39 is 0 Å². The minimum atomic E-state index is -0.167. The number of rotatable bonds is 1. The number of aliphatic hydroxyl groups is 1. The van der Waals surface area contributed by atoms with E-state index in [1.807, 2.05) is 6.07 Å². The third-order valence-electron chi connectivity index (χ3n) is 2.35. The molecule has 0 fully saturated rings. The molecule has 18 heavy (non-hydrogen) atoms. The number of nitriles is 1. The van der Waals surface area contributed by atoms with Crippen molar-refractivity contribution in [3.05, 3.63) is 41.6 Å². The number of aromatic nitrogens is 2. The lowest BCUT2D eigenvalue weighted by molar-refractivity contribution is 0.350. The Morgan fingerprint density at radius 2 is 2.06 bits per heavy atom. The van der Waals surface area contributed by atoms with E-state index in [0.29, 0.717) is 11.4 Å². The monoisotopic (exact) mass is 238 g/mol. The van der Waals surface area contributed by atoms with Gasteiger partial charge in [-0.15, -0.1) is 0 Å². The van der Waals surface area contributed by atoms with Crippen molar-refractivity contribution in [1.82, 2.24) is 9.78 Å². The Morgan fingerprint density at radius 3 is 2.61 bits per heavy atom. The molecular weight excluding hydrogens is 228 g/mol. The van der Waals surface area contributed by atoms with E-state index in [-0.39, 0.29) is 6.61 Å². The van der Waals surface area contributed by atoms with E-state index in [1.165, 1.54) is 10.9 Å². The second kappa shape index (κ2) is 5.05. The topological polar surface area (TPSA) is 87.9 Å². The van der Waals surface area contributed by atoms with Gasteiger partial charge in [0.15, 0.2) is 0 Å². The van der Waals surface area contributed by atoms with Crippen molar-refractivity contribution in [1.29, 1.82) is 5.26 Å². The third-order valence-corrected chi connectivity index (χ3v) is 2.35. The van der Waals surface area contributed by atoms with Crippen LogP contribution >= 0.6 is 0 Å². The molecule has 0 aliphatic heterocycles. The van der Waals surface area contributed by atoms with Crippen LogP contribution in [-0.4, -0.2) is 21.5 Å². The lowest BCUT2D eigenvalue weighted by atomic mass is 10.2. The largest absolute Gasteiger partial charge is 0.384 e. The molecule has 0 radical (unpaired) electrons. The number of nitrogens with zero attached hydrogens (tertiary/aromatic N) is 3. The van der Waals surface area contributed by atoms with Crippen LogP contribution in [0.1, 0.15) is 11.1 Å². The van der Waals surface area contributed by atoms with Crippen LogP contribution in [0.5, 0.6) is 0 Å². The molecule has 5 nitrogen and oxygen atoms in total. The van der Waals surface area contributed by atoms with Gasteiger partial charge >= 0.3 is 0 Å². The zero-order chi connectivity index (χ0) is 13.0. The molecular formula is C13H10N4O. The summed E-state index contributed by atoms with van der Waals surface area (Å²) in [6.45, 7) is -0.167. The molecule has 0 aliphatic rings. The fraction of sp³-hybridized carbons (Fsp3) is 0.0769. The van der Waals surface area contributed by atoms with Crippen molar-refractivity contribution in [2.45, 2.75) is 0 Å². The molecule has 1 aromatic carbocycles. The highest BCUT2D eigenvalue weighted by molar-refractivity contribution is 5.53. The van der Waals surface area contributed by atoms with Crippen LogP contribution in [0.25, 0.3) is 5.69 Å². The predicted octanol–water partition coefficient (Wildman–Crippen LogP) is 0.670. The van der Waals surface area contributed by atoms with Gasteiger partial charge < -0.3 is 10.8 Å². The maximum Gasteiger partial charge on any atom is 0.145 e. The number of anilines is 1. The second-order valence-corrected chi connectivity index (χ2v) is 3.47. The van der Waals surface area contributed by atoms with Crippen LogP contribution in [0, 0.1) is 23.2 Å². The van der Waals surface area contributed by atoms with E-state index in [1.54, 1.807) is 24.3 Å². The average molecular weight is 238 g/mol. The Balaban J connectivity index is 2.35. The Bertz CT molecular complexity index is 653. The van der Waals surface area contributed by atoms with Gasteiger partial charge in [-0.2, -0.15) is 10.4 Å². The van der Waals surface area contributed by atoms with E-state index >= 15 is 0 Å². The van der Waals surface area contributed by atoms with Crippen molar-refractivity contribution in [2.24, 2.45) is 0 Å². The number of benzene rings is 1. The van der Waals surface area contributed by atoms with E-state index in [9.17, 15) is 0 Å². The van der Waals surface area contributed by atoms with Crippen molar-refractivity contribution in [3.63, 3.8) is 0 Å². The molecule has 1 heterocycles. The van der Waals surface area contributed by atoms with Crippen LogP contribution in [0.2, 0.25) is 0 Å². The molecule has 0 spiro atoms. The summed E-state index contributed by atoms with van der Waals surface area (Å²) < 4.78 is 1.49. The van der Waals surface area contributed by atoms with Gasteiger partial charge in [-0.25, -0.2) is 4.68 Å². The first-order chi connectivity index (χ1) is 8.76. The molecule has 0 bridgehead atoms. The molecule has 0 saturated carbocycles. The summed E-state index contributed by atoms with van der Waals surface area (Å²) in [6, 6.07) is 9.15. The maximum absolute atomic E-state index is 8.79. The van der Waals surface area contributed by atoms with Crippen molar-refractivity contribution < 1.29 is 5.11 Å². The van der Waals surface area contributed by atoms with Gasteiger partial charge in [0.2, 0.25) is 0 Å². The molecule has 2 aromatic rings. The molecule has 88 valence electrons. The SMILES string of the molecule is N#Cc1cnn(-c2ccc(C#CCO)cc2)c1N. The highest BCUT2D eigenvalue weighted by Crippen LogP contribution is 2.16. The van der Waals surface area contributed by atoms with E-state index in [0.717, 1.165) is 11.3 Å². The fourth-order valence-corrected chi connectivity index (χ4v) is 1.48. The third kappa shape index (κ3) is 2.17. The number of nitrogen functional groups attached to an aromatic ring is 1.